The van der Waals surface area contributed by atoms with Crippen molar-refractivity contribution in [3.8, 4) is 0 Å². The van der Waals surface area contributed by atoms with Crippen LogP contribution in [-0.2, 0) is 4.79 Å². The number of hydrogen-bond acceptors (Lipinski definition) is 4. The van der Waals surface area contributed by atoms with Crippen LogP contribution in [0.5, 0.6) is 0 Å². The molecule has 1 aliphatic rings. The zero-order chi connectivity index (χ0) is 7.56. The Kier molecular flexibility index (Phi) is 2.10. The van der Waals surface area contributed by atoms with Crippen LogP contribution in [0.15, 0.2) is 5.29 Å². The van der Waals surface area contributed by atoms with Crippen molar-refractivity contribution in [1.29, 1.82) is 0 Å². The molecule has 1 heterocycles. The van der Waals surface area contributed by atoms with Crippen molar-refractivity contribution < 1.29 is 9.90 Å². The molecule has 0 saturated carbocycles. The van der Waals surface area contributed by atoms with Gasteiger partial charge in [-0.05, 0) is 0 Å². The Balaban J connectivity index is 2.58. The van der Waals surface area contributed by atoms with Gasteiger partial charge in [-0.25, -0.2) is 9.80 Å². The fraction of sp³-hybridized carbons (Fsp3) is 0.750. The molecule has 56 valence electrons. The van der Waals surface area contributed by atoms with E-state index < -0.39 is 11.3 Å². The first-order valence-corrected chi connectivity index (χ1v) is 3.75. The Bertz CT molecular complexity index is 163. The van der Waals surface area contributed by atoms with E-state index in [4.69, 9.17) is 5.11 Å². The topological polar surface area (TPSA) is 70.0 Å². The quantitative estimate of drug-likeness (QED) is 0.584. The van der Waals surface area contributed by atoms with E-state index in [1.807, 2.05) is 0 Å². The van der Waals surface area contributed by atoms with Crippen molar-refractivity contribution in [2.24, 2.45) is 5.29 Å². The van der Waals surface area contributed by atoms with E-state index in [2.05, 4.69) is 5.29 Å². The van der Waals surface area contributed by atoms with E-state index in [0.717, 1.165) is 5.01 Å². The molecule has 0 radical (unpaired) electrons. The minimum atomic E-state index is -0.998. The highest BCUT2D eigenvalue weighted by molar-refractivity contribution is 8.00. The predicted molar refractivity (Wildman–Crippen MR) is 36.4 cm³/mol. The van der Waals surface area contributed by atoms with E-state index in [-0.39, 0.29) is 0 Å². The second kappa shape index (κ2) is 2.87. The first-order valence-electron chi connectivity index (χ1n) is 2.70. The fourth-order valence-electron chi connectivity index (χ4n) is 0.744. The molecule has 1 saturated heterocycles. The molecule has 5 nitrogen and oxygen atoms in total. The minimum absolute atomic E-state index is 0.436. The maximum Gasteiger partial charge on any atom is 0.338 e. The van der Waals surface area contributed by atoms with E-state index in [1.165, 1.54) is 11.8 Å². The van der Waals surface area contributed by atoms with Crippen molar-refractivity contribution >= 4 is 17.7 Å². The highest BCUT2D eigenvalue weighted by Crippen LogP contribution is 2.23. The normalized spacial score (nSPS) is 24.8. The van der Waals surface area contributed by atoms with E-state index in [9.17, 15) is 9.70 Å². The van der Waals surface area contributed by atoms with Gasteiger partial charge in [-0.3, -0.25) is 0 Å². The van der Waals surface area contributed by atoms with Gasteiger partial charge in [0.15, 0.2) is 5.37 Å². The highest BCUT2D eigenvalue weighted by atomic mass is 32.2. The Morgan fingerprint density at radius 1 is 1.80 bits per heavy atom. The molecular weight excluding hydrogens is 156 g/mol. The average molecular weight is 162 g/mol. The molecule has 6 heteroatoms. The Morgan fingerprint density at radius 2 is 2.50 bits per heavy atom. The standard InChI is InChI=1S/C4H6N2O3S/c7-4(8)3-6(5-9)1-2-10-3/h3H,1-2H2,(H,7,8). The summed E-state index contributed by atoms with van der Waals surface area (Å²) in [5, 5.41) is 11.3. The molecule has 0 bridgehead atoms. The number of nitroso groups, excluding NO2 is 1. The molecule has 0 aromatic carbocycles. The van der Waals surface area contributed by atoms with Crippen molar-refractivity contribution in [1.82, 2.24) is 5.01 Å². The molecule has 0 aromatic rings. The SMILES string of the molecule is O=NN1CCSC1C(=O)O. The number of carbonyl (C=O) groups is 1. The zero-order valence-electron chi connectivity index (χ0n) is 5.06. The van der Waals surface area contributed by atoms with Crippen molar-refractivity contribution in [3.05, 3.63) is 4.91 Å². The Hall–Kier alpha value is -0.780. The lowest BCUT2D eigenvalue weighted by molar-refractivity contribution is -0.139. The first kappa shape index (κ1) is 7.33. The molecule has 1 aliphatic heterocycles. The molecule has 10 heavy (non-hydrogen) atoms. The molecule has 1 rings (SSSR count). The van der Waals surface area contributed by atoms with Gasteiger partial charge in [-0.1, -0.05) is 0 Å². The fourth-order valence-corrected chi connectivity index (χ4v) is 1.72. The third-order valence-electron chi connectivity index (χ3n) is 1.18. The number of aliphatic carboxylic acids is 1. The molecule has 1 atom stereocenters. The Labute approximate surface area is 61.3 Å². The number of rotatable bonds is 2. The van der Waals surface area contributed by atoms with Gasteiger partial charge in [-0.15, -0.1) is 16.7 Å². The highest BCUT2D eigenvalue weighted by Gasteiger charge is 2.31. The molecule has 0 spiro atoms. The van der Waals surface area contributed by atoms with Crippen molar-refractivity contribution in [2.75, 3.05) is 12.3 Å². The van der Waals surface area contributed by atoms with Crippen LogP contribution >= 0.6 is 11.8 Å². The second-order valence-electron chi connectivity index (χ2n) is 1.81. The summed E-state index contributed by atoms with van der Waals surface area (Å²) in [6.07, 6.45) is 0. The molecule has 0 amide bonds. The van der Waals surface area contributed by atoms with E-state index in [0.29, 0.717) is 12.3 Å². The van der Waals surface area contributed by atoms with Crippen molar-refractivity contribution in [3.63, 3.8) is 0 Å². The van der Waals surface area contributed by atoms with Gasteiger partial charge in [-0.2, -0.15) is 0 Å². The van der Waals surface area contributed by atoms with Gasteiger partial charge in [0, 0.05) is 5.75 Å². The largest absolute Gasteiger partial charge is 0.479 e. The number of carboxylic acid groups (broad SMARTS) is 1. The maximum absolute atomic E-state index is 10.3. The van der Waals surface area contributed by atoms with Crippen LogP contribution in [0, 0.1) is 4.91 Å². The van der Waals surface area contributed by atoms with Gasteiger partial charge < -0.3 is 5.11 Å². The lowest BCUT2D eigenvalue weighted by Crippen LogP contribution is -2.29. The number of carboxylic acids is 1. The molecule has 1 unspecified atom stereocenters. The number of nitrogens with zero attached hydrogens (tertiary/aromatic N) is 2. The number of hydrogen-bond donors (Lipinski definition) is 1. The summed E-state index contributed by atoms with van der Waals surface area (Å²) in [4.78, 5) is 20.2. The van der Waals surface area contributed by atoms with Crippen LogP contribution < -0.4 is 0 Å². The monoisotopic (exact) mass is 162 g/mol. The molecular formula is C4H6N2O3S. The lowest BCUT2D eigenvalue weighted by Gasteiger charge is -2.10. The summed E-state index contributed by atoms with van der Waals surface area (Å²) < 4.78 is 0. The van der Waals surface area contributed by atoms with Crippen LogP contribution in [-0.4, -0.2) is 33.8 Å². The Morgan fingerprint density at radius 3 is 2.90 bits per heavy atom. The summed E-state index contributed by atoms with van der Waals surface area (Å²) >= 11 is 1.22. The molecule has 0 aromatic heterocycles. The summed E-state index contributed by atoms with van der Waals surface area (Å²) in [6, 6.07) is 0. The number of thioether (sulfide) groups is 1. The zero-order valence-corrected chi connectivity index (χ0v) is 5.87. The third kappa shape index (κ3) is 1.21. The summed E-state index contributed by atoms with van der Waals surface area (Å²) in [7, 11) is 0. The van der Waals surface area contributed by atoms with Crippen LogP contribution in [0.2, 0.25) is 0 Å². The van der Waals surface area contributed by atoms with E-state index in [1.54, 1.807) is 0 Å². The second-order valence-corrected chi connectivity index (χ2v) is 2.99. The third-order valence-corrected chi connectivity index (χ3v) is 2.36. The summed E-state index contributed by atoms with van der Waals surface area (Å²) in [6.45, 7) is 0.436. The van der Waals surface area contributed by atoms with Gasteiger partial charge in [0.05, 0.1) is 11.8 Å². The van der Waals surface area contributed by atoms with Crippen molar-refractivity contribution in [2.45, 2.75) is 5.37 Å². The summed E-state index contributed by atoms with van der Waals surface area (Å²) in [5.41, 5.74) is 0. The van der Waals surface area contributed by atoms with Gasteiger partial charge in [0.2, 0.25) is 0 Å². The van der Waals surface area contributed by atoms with Crippen LogP contribution in [0.3, 0.4) is 0 Å². The molecule has 1 fully saturated rings. The maximum atomic E-state index is 10.3. The van der Waals surface area contributed by atoms with Crippen LogP contribution in [0.4, 0.5) is 0 Å². The van der Waals surface area contributed by atoms with Gasteiger partial charge in [0.1, 0.15) is 0 Å². The lowest BCUT2D eigenvalue weighted by atomic mass is 10.6. The average Bonchev–Trinajstić information content (AvgIpc) is 2.33. The predicted octanol–water partition coefficient (Wildman–Crippen LogP) is 0.127. The summed E-state index contributed by atoms with van der Waals surface area (Å²) in [5.74, 6) is -0.343. The van der Waals surface area contributed by atoms with Gasteiger partial charge >= 0.3 is 5.97 Å². The molecule has 0 aliphatic carbocycles. The smallest absolute Gasteiger partial charge is 0.338 e. The molecule has 1 N–H and O–H groups in total. The van der Waals surface area contributed by atoms with Crippen LogP contribution in [0.25, 0.3) is 0 Å². The minimum Gasteiger partial charge on any atom is -0.479 e. The van der Waals surface area contributed by atoms with Gasteiger partial charge in [0.25, 0.3) is 0 Å². The van der Waals surface area contributed by atoms with E-state index >= 15 is 0 Å². The van der Waals surface area contributed by atoms with Crippen LogP contribution in [0.1, 0.15) is 0 Å². The first-order chi connectivity index (χ1) is 4.75.